The number of nitro groups is 1. The van der Waals surface area contributed by atoms with E-state index in [2.05, 4.69) is 5.32 Å². The second-order valence-corrected chi connectivity index (χ2v) is 9.00. The van der Waals surface area contributed by atoms with Crippen LogP contribution in [0.4, 0.5) is 5.69 Å². The Bertz CT molecular complexity index is 1000. The smallest absolute Gasteiger partial charge is 0.270 e. The first kappa shape index (κ1) is 20.9. The molecular formula is C20H23N3O5S. The minimum Gasteiger partial charge on any atom is -0.352 e. The molecule has 2 aromatic rings. The topological polar surface area (TPSA) is 110 Å². The van der Waals surface area contributed by atoms with E-state index < -0.39 is 14.9 Å². The van der Waals surface area contributed by atoms with Gasteiger partial charge in [-0.15, -0.1) is 0 Å². The molecule has 1 fully saturated rings. The van der Waals surface area contributed by atoms with Gasteiger partial charge < -0.3 is 5.32 Å². The van der Waals surface area contributed by atoms with Crippen molar-refractivity contribution in [3.63, 3.8) is 0 Å². The zero-order valence-corrected chi connectivity index (χ0v) is 16.9. The van der Waals surface area contributed by atoms with Crippen LogP contribution in [0.3, 0.4) is 0 Å². The standard InChI is InChI=1S/C20H23N3O5S/c1-15-7-8-18(23(25)26)13-19(15)29(27,28)22-11-9-17(10-12-22)20(24)21-14-16-5-3-2-4-6-16/h2-8,13,17H,9-12,14H2,1H3,(H,21,24). The van der Waals surface area contributed by atoms with Crippen LogP contribution in [-0.4, -0.2) is 36.6 Å². The lowest BCUT2D eigenvalue weighted by molar-refractivity contribution is -0.385. The van der Waals surface area contributed by atoms with Crippen LogP contribution >= 0.6 is 0 Å². The van der Waals surface area contributed by atoms with E-state index in [0.29, 0.717) is 24.9 Å². The number of aryl methyl sites for hydroxylation is 1. The summed E-state index contributed by atoms with van der Waals surface area (Å²) >= 11 is 0. The Labute approximate surface area is 169 Å². The van der Waals surface area contributed by atoms with Crippen LogP contribution in [0.15, 0.2) is 53.4 Å². The highest BCUT2D eigenvalue weighted by atomic mass is 32.2. The van der Waals surface area contributed by atoms with Crippen LogP contribution < -0.4 is 5.32 Å². The molecule has 9 heteroatoms. The molecule has 2 aromatic carbocycles. The first-order valence-corrected chi connectivity index (χ1v) is 10.8. The molecule has 0 spiro atoms. The predicted molar refractivity (Wildman–Crippen MR) is 108 cm³/mol. The summed E-state index contributed by atoms with van der Waals surface area (Å²) in [6.07, 6.45) is 0.821. The zero-order chi connectivity index (χ0) is 21.0. The Morgan fingerprint density at radius 3 is 2.45 bits per heavy atom. The van der Waals surface area contributed by atoms with E-state index in [4.69, 9.17) is 0 Å². The highest BCUT2D eigenvalue weighted by Crippen LogP contribution is 2.28. The number of rotatable bonds is 6. The Hall–Kier alpha value is -2.78. The van der Waals surface area contributed by atoms with Gasteiger partial charge in [-0.1, -0.05) is 36.4 Å². The maximum Gasteiger partial charge on any atom is 0.270 e. The number of benzene rings is 2. The number of non-ortho nitro benzene ring substituents is 1. The van der Waals surface area contributed by atoms with Gasteiger partial charge in [0.2, 0.25) is 15.9 Å². The van der Waals surface area contributed by atoms with Crippen LogP contribution in [0.5, 0.6) is 0 Å². The number of hydrogen-bond acceptors (Lipinski definition) is 5. The lowest BCUT2D eigenvalue weighted by Crippen LogP contribution is -2.43. The third kappa shape index (κ3) is 4.80. The third-order valence-corrected chi connectivity index (χ3v) is 7.18. The number of piperidine rings is 1. The molecule has 8 nitrogen and oxygen atoms in total. The van der Waals surface area contributed by atoms with Gasteiger partial charge >= 0.3 is 0 Å². The molecule has 1 amide bonds. The largest absolute Gasteiger partial charge is 0.352 e. The van der Waals surface area contributed by atoms with Crippen LogP contribution in [0, 0.1) is 23.0 Å². The van der Waals surface area contributed by atoms with E-state index in [1.807, 2.05) is 30.3 Å². The van der Waals surface area contributed by atoms with Crippen molar-refractivity contribution in [2.45, 2.75) is 31.2 Å². The van der Waals surface area contributed by atoms with Gasteiger partial charge in [-0.05, 0) is 30.9 Å². The van der Waals surface area contributed by atoms with Gasteiger partial charge in [0, 0.05) is 37.7 Å². The summed E-state index contributed by atoms with van der Waals surface area (Å²) in [7, 11) is -3.86. The van der Waals surface area contributed by atoms with Crippen LogP contribution in [0.25, 0.3) is 0 Å². The van der Waals surface area contributed by atoms with E-state index >= 15 is 0 Å². The van der Waals surface area contributed by atoms with Crippen molar-refractivity contribution in [3.05, 3.63) is 69.8 Å². The fraction of sp³-hybridized carbons (Fsp3) is 0.350. The van der Waals surface area contributed by atoms with E-state index in [0.717, 1.165) is 11.6 Å². The summed E-state index contributed by atoms with van der Waals surface area (Å²) in [5.41, 5.74) is 1.20. The van der Waals surface area contributed by atoms with Crippen LogP contribution in [0.1, 0.15) is 24.0 Å². The quantitative estimate of drug-likeness (QED) is 0.574. The van der Waals surface area contributed by atoms with Crippen molar-refractivity contribution < 1.29 is 18.1 Å². The predicted octanol–water partition coefficient (Wildman–Crippen LogP) is 2.62. The average Bonchev–Trinajstić information content (AvgIpc) is 2.73. The fourth-order valence-electron chi connectivity index (χ4n) is 3.41. The van der Waals surface area contributed by atoms with E-state index in [9.17, 15) is 23.3 Å². The van der Waals surface area contributed by atoms with E-state index in [1.165, 1.54) is 16.4 Å². The highest BCUT2D eigenvalue weighted by molar-refractivity contribution is 7.89. The molecule has 0 saturated carbocycles. The van der Waals surface area contributed by atoms with Crippen LogP contribution in [0.2, 0.25) is 0 Å². The van der Waals surface area contributed by atoms with Crippen molar-refractivity contribution in [2.75, 3.05) is 13.1 Å². The Balaban J connectivity index is 1.63. The van der Waals surface area contributed by atoms with Gasteiger partial charge in [0.05, 0.1) is 9.82 Å². The fourth-order valence-corrected chi connectivity index (χ4v) is 5.12. The molecule has 0 unspecified atom stereocenters. The average molecular weight is 417 g/mol. The van der Waals surface area contributed by atoms with E-state index in [1.54, 1.807) is 6.92 Å². The van der Waals surface area contributed by atoms with Crippen molar-refractivity contribution in [1.82, 2.24) is 9.62 Å². The molecule has 1 aliphatic rings. The molecule has 1 heterocycles. The Kier molecular flexibility index (Phi) is 6.29. The maximum atomic E-state index is 13.0. The Morgan fingerprint density at radius 1 is 1.17 bits per heavy atom. The Morgan fingerprint density at radius 2 is 1.83 bits per heavy atom. The highest BCUT2D eigenvalue weighted by Gasteiger charge is 2.33. The molecule has 0 aliphatic carbocycles. The molecule has 1 N–H and O–H groups in total. The molecule has 1 saturated heterocycles. The number of carbonyl (C=O) groups excluding carboxylic acids is 1. The summed E-state index contributed by atoms with van der Waals surface area (Å²) in [6, 6.07) is 13.4. The minimum atomic E-state index is -3.86. The molecule has 29 heavy (non-hydrogen) atoms. The zero-order valence-electron chi connectivity index (χ0n) is 16.1. The normalized spacial score (nSPS) is 15.8. The van der Waals surface area contributed by atoms with Gasteiger partial charge in [-0.25, -0.2) is 8.42 Å². The molecule has 154 valence electrons. The van der Waals surface area contributed by atoms with Gasteiger partial charge in [0.1, 0.15) is 0 Å². The van der Waals surface area contributed by atoms with Crippen molar-refractivity contribution in [2.24, 2.45) is 5.92 Å². The first-order valence-electron chi connectivity index (χ1n) is 9.36. The number of amides is 1. The van der Waals surface area contributed by atoms with E-state index in [-0.39, 0.29) is 35.5 Å². The summed E-state index contributed by atoms with van der Waals surface area (Å²) < 4.78 is 27.3. The minimum absolute atomic E-state index is 0.0568. The number of sulfonamides is 1. The molecule has 0 atom stereocenters. The molecule has 0 radical (unpaired) electrons. The monoisotopic (exact) mass is 417 g/mol. The number of nitrogens with one attached hydrogen (secondary N) is 1. The number of carbonyl (C=O) groups is 1. The van der Waals surface area contributed by atoms with Gasteiger partial charge in [-0.2, -0.15) is 4.31 Å². The SMILES string of the molecule is Cc1ccc([N+](=O)[O-])cc1S(=O)(=O)N1CCC(C(=O)NCc2ccccc2)CC1. The van der Waals surface area contributed by atoms with Gasteiger partial charge in [-0.3, -0.25) is 14.9 Å². The van der Waals surface area contributed by atoms with Gasteiger partial charge in [0.15, 0.2) is 0 Å². The summed E-state index contributed by atoms with van der Waals surface area (Å²) in [4.78, 5) is 22.8. The number of hydrogen-bond donors (Lipinski definition) is 1. The summed E-state index contributed by atoms with van der Waals surface area (Å²) in [6.45, 7) is 2.45. The lowest BCUT2D eigenvalue weighted by Gasteiger charge is -2.30. The van der Waals surface area contributed by atoms with Crippen molar-refractivity contribution >= 4 is 21.6 Å². The molecule has 1 aliphatic heterocycles. The third-order valence-electron chi connectivity index (χ3n) is 5.13. The molecule has 3 rings (SSSR count). The van der Waals surface area contributed by atoms with Gasteiger partial charge in [0.25, 0.3) is 5.69 Å². The summed E-state index contributed by atoms with van der Waals surface area (Å²) in [5, 5.41) is 13.9. The maximum absolute atomic E-state index is 13.0. The second kappa shape index (κ2) is 8.71. The lowest BCUT2D eigenvalue weighted by atomic mass is 9.97. The molecule has 0 bridgehead atoms. The number of nitro benzene ring substituents is 1. The number of nitrogens with zero attached hydrogens (tertiary/aromatic N) is 2. The van der Waals surface area contributed by atoms with Crippen LogP contribution in [-0.2, 0) is 21.4 Å². The second-order valence-electron chi connectivity index (χ2n) is 7.09. The molecular weight excluding hydrogens is 394 g/mol. The summed E-state index contributed by atoms with van der Waals surface area (Å²) in [5.74, 6) is -0.339. The first-order chi connectivity index (χ1) is 13.8. The van der Waals surface area contributed by atoms with Crippen molar-refractivity contribution in [1.29, 1.82) is 0 Å². The molecule has 0 aromatic heterocycles. The van der Waals surface area contributed by atoms with Crippen molar-refractivity contribution in [3.8, 4) is 0 Å².